The summed E-state index contributed by atoms with van der Waals surface area (Å²) in [5.41, 5.74) is 1.64. The van der Waals surface area contributed by atoms with Crippen molar-refractivity contribution in [3.8, 4) is 22.8 Å². The van der Waals surface area contributed by atoms with E-state index in [1.54, 1.807) is 25.1 Å². The Morgan fingerprint density at radius 2 is 2.04 bits per heavy atom. The second-order valence-corrected chi connectivity index (χ2v) is 6.03. The number of methoxy groups -OCH3 is 2. The van der Waals surface area contributed by atoms with Crippen LogP contribution in [0.2, 0.25) is 0 Å². The molecule has 0 spiro atoms. The van der Waals surface area contributed by atoms with Crippen LogP contribution in [0.25, 0.3) is 11.3 Å². The van der Waals surface area contributed by atoms with Crippen LogP contribution in [0.4, 0.5) is 0 Å². The van der Waals surface area contributed by atoms with Gasteiger partial charge in [0.05, 0.1) is 30.9 Å². The number of carbonyl (C=O) groups excluding carboxylic acids is 1. The molecule has 0 atom stereocenters. The van der Waals surface area contributed by atoms with Gasteiger partial charge in [0, 0.05) is 12.1 Å². The van der Waals surface area contributed by atoms with Crippen molar-refractivity contribution in [1.82, 2.24) is 4.98 Å². The number of Topliss-reactive ketones (excluding diaryl/α,β-unsaturated/α-hetero) is 1. The highest BCUT2D eigenvalue weighted by atomic mass is 79.9. The first-order valence-electron chi connectivity index (χ1n) is 7.35. The van der Waals surface area contributed by atoms with Gasteiger partial charge < -0.3 is 26.5 Å². The van der Waals surface area contributed by atoms with Crippen LogP contribution in [-0.4, -0.2) is 25.0 Å². The molecule has 0 bridgehead atoms. The topological polar surface area (TPSA) is 52.3 Å². The van der Waals surface area contributed by atoms with Crippen LogP contribution in [0.5, 0.6) is 11.5 Å². The Balaban J connectivity index is 0.00000225. The van der Waals surface area contributed by atoms with Gasteiger partial charge in [0.1, 0.15) is 11.5 Å². The lowest BCUT2D eigenvalue weighted by molar-refractivity contribution is -0.686. The molecular weight excluding hydrogens is 404 g/mol. The van der Waals surface area contributed by atoms with Crippen molar-refractivity contribution in [1.29, 1.82) is 0 Å². The van der Waals surface area contributed by atoms with Gasteiger partial charge in [-0.2, -0.15) is 0 Å². The fourth-order valence-electron chi connectivity index (χ4n) is 2.33. The zero-order valence-electron chi connectivity index (χ0n) is 13.8. The molecule has 5 nitrogen and oxygen atoms in total. The monoisotopic (exact) mass is 420 g/mol. The highest BCUT2D eigenvalue weighted by Crippen LogP contribution is 2.31. The summed E-state index contributed by atoms with van der Waals surface area (Å²) in [4.78, 5) is 17.3. The molecule has 0 aliphatic heterocycles. The summed E-state index contributed by atoms with van der Waals surface area (Å²) >= 11 is 1.45. The minimum atomic E-state index is 0. The van der Waals surface area contributed by atoms with Crippen LogP contribution in [0.3, 0.4) is 0 Å². The van der Waals surface area contributed by atoms with Gasteiger partial charge >= 0.3 is 0 Å². The van der Waals surface area contributed by atoms with Gasteiger partial charge in [0.2, 0.25) is 5.78 Å². The summed E-state index contributed by atoms with van der Waals surface area (Å²) in [5.74, 6) is 1.49. The molecule has 0 saturated carbocycles. The van der Waals surface area contributed by atoms with Gasteiger partial charge in [-0.15, -0.1) is 11.3 Å². The van der Waals surface area contributed by atoms with Crippen LogP contribution < -0.4 is 31.0 Å². The fraction of sp³-hybridized carbons (Fsp3) is 0.167. The molecular formula is C18H17BrN2O3S. The van der Waals surface area contributed by atoms with Gasteiger partial charge in [-0.25, -0.2) is 4.57 Å². The van der Waals surface area contributed by atoms with E-state index < -0.39 is 0 Å². The number of halogens is 1. The number of rotatable bonds is 6. The first-order chi connectivity index (χ1) is 11.7. The number of aromatic nitrogens is 2. The van der Waals surface area contributed by atoms with E-state index >= 15 is 0 Å². The van der Waals surface area contributed by atoms with E-state index in [0.717, 1.165) is 21.9 Å². The highest BCUT2D eigenvalue weighted by Gasteiger charge is 2.15. The third-order valence-electron chi connectivity index (χ3n) is 3.58. The van der Waals surface area contributed by atoms with E-state index in [0.29, 0.717) is 5.75 Å². The Kier molecular flexibility index (Phi) is 6.66. The van der Waals surface area contributed by atoms with Gasteiger partial charge in [-0.1, -0.05) is 6.07 Å². The number of nitrogens with zero attached hydrogens (tertiary/aromatic N) is 2. The average molecular weight is 421 g/mol. The summed E-state index contributed by atoms with van der Waals surface area (Å²) in [7, 11) is 3.23. The Hall–Kier alpha value is -2.25. The van der Waals surface area contributed by atoms with Crippen molar-refractivity contribution >= 4 is 17.1 Å². The zero-order chi connectivity index (χ0) is 16.9. The SMILES string of the molecule is COc1ccc(-c2cc[n+](CC(=O)c3cccs3)cn2)c(OC)c1.[Br-]. The molecule has 0 aliphatic carbocycles. The molecule has 7 heteroatoms. The number of thiophene rings is 1. The van der Waals surface area contributed by atoms with Crippen LogP contribution in [0.1, 0.15) is 9.67 Å². The Morgan fingerprint density at radius 3 is 2.64 bits per heavy atom. The van der Waals surface area contributed by atoms with Crippen molar-refractivity contribution in [3.63, 3.8) is 0 Å². The number of ketones is 1. The quantitative estimate of drug-likeness (QED) is 0.416. The van der Waals surface area contributed by atoms with Gasteiger partial charge in [0.15, 0.2) is 12.2 Å². The van der Waals surface area contributed by atoms with Gasteiger partial charge in [-0.3, -0.25) is 4.79 Å². The molecule has 0 aliphatic rings. The molecule has 2 heterocycles. The molecule has 25 heavy (non-hydrogen) atoms. The summed E-state index contributed by atoms with van der Waals surface area (Å²) in [6.07, 6.45) is 3.50. The zero-order valence-corrected chi connectivity index (χ0v) is 16.2. The first kappa shape index (κ1) is 19.1. The largest absolute Gasteiger partial charge is 1.00 e. The molecule has 3 aromatic rings. The van der Waals surface area contributed by atoms with Crippen molar-refractivity contribution in [2.24, 2.45) is 0 Å². The summed E-state index contributed by atoms with van der Waals surface area (Å²) in [6.45, 7) is 0.271. The molecule has 0 N–H and O–H groups in total. The lowest BCUT2D eigenvalue weighted by Crippen LogP contribution is -3.00. The van der Waals surface area contributed by atoms with Gasteiger partial charge in [0.25, 0.3) is 6.33 Å². The third-order valence-corrected chi connectivity index (χ3v) is 4.49. The number of benzene rings is 1. The summed E-state index contributed by atoms with van der Waals surface area (Å²) < 4.78 is 12.4. The molecule has 130 valence electrons. The molecule has 2 aromatic heterocycles. The van der Waals surface area contributed by atoms with Crippen molar-refractivity contribution in [2.45, 2.75) is 6.54 Å². The standard InChI is InChI=1S/C18H17N2O3S.BrH/c1-22-13-5-6-14(17(10-13)23-2)15-7-8-20(12-19-15)11-16(21)18-4-3-9-24-18;/h3-10,12H,11H2,1-2H3;1H/q+1;/p-1. The van der Waals surface area contributed by atoms with Crippen molar-refractivity contribution < 1.29 is 35.8 Å². The maximum atomic E-state index is 12.1. The van der Waals surface area contributed by atoms with Crippen molar-refractivity contribution in [3.05, 3.63) is 59.2 Å². The minimum absolute atomic E-state index is 0. The molecule has 1 aromatic carbocycles. The lowest BCUT2D eigenvalue weighted by atomic mass is 10.1. The molecule has 0 saturated heterocycles. The maximum absolute atomic E-state index is 12.1. The predicted molar refractivity (Wildman–Crippen MR) is 91.6 cm³/mol. The van der Waals surface area contributed by atoms with E-state index in [9.17, 15) is 4.79 Å². The van der Waals surface area contributed by atoms with E-state index in [-0.39, 0.29) is 29.3 Å². The van der Waals surface area contributed by atoms with Crippen LogP contribution >= 0.6 is 11.3 Å². The number of hydrogen-bond donors (Lipinski definition) is 0. The highest BCUT2D eigenvalue weighted by molar-refractivity contribution is 7.12. The molecule has 0 unspecified atom stereocenters. The Bertz CT molecular complexity index is 836. The second kappa shape index (κ2) is 8.73. The van der Waals surface area contributed by atoms with Crippen LogP contribution in [-0.2, 0) is 6.54 Å². The van der Waals surface area contributed by atoms with E-state index in [1.807, 2.05) is 48.0 Å². The van der Waals surface area contributed by atoms with E-state index in [1.165, 1.54) is 11.3 Å². The molecule has 0 radical (unpaired) electrons. The number of carbonyl (C=O) groups is 1. The normalized spacial score (nSPS) is 10.0. The van der Waals surface area contributed by atoms with Gasteiger partial charge in [-0.05, 0) is 28.6 Å². The molecule has 3 rings (SSSR count). The second-order valence-electron chi connectivity index (χ2n) is 5.08. The Labute approximate surface area is 160 Å². The number of hydrogen-bond acceptors (Lipinski definition) is 5. The van der Waals surface area contributed by atoms with Crippen molar-refractivity contribution in [2.75, 3.05) is 14.2 Å². The van der Waals surface area contributed by atoms with E-state index in [2.05, 4.69) is 4.98 Å². The minimum Gasteiger partial charge on any atom is -1.00 e. The molecule has 0 amide bonds. The maximum Gasteiger partial charge on any atom is 0.287 e. The summed E-state index contributed by atoms with van der Waals surface area (Å²) in [5, 5.41) is 1.90. The lowest BCUT2D eigenvalue weighted by Gasteiger charge is -2.07. The predicted octanol–water partition coefficient (Wildman–Crippen LogP) is 0.00170. The van der Waals surface area contributed by atoms with Crippen LogP contribution in [0, 0.1) is 0 Å². The Morgan fingerprint density at radius 1 is 1.20 bits per heavy atom. The van der Waals surface area contributed by atoms with Crippen LogP contribution in [0.15, 0.2) is 54.3 Å². The fourth-order valence-corrected chi connectivity index (χ4v) is 2.99. The first-order valence-corrected chi connectivity index (χ1v) is 8.23. The third kappa shape index (κ3) is 4.43. The average Bonchev–Trinajstić information content (AvgIpc) is 3.16. The molecule has 0 fully saturated rings. The smallest absolute Gasteiger partial charge is 0.287 e. The summed E-state index contributed by atoms with van der Waals surface area (Å²) in [6, 6.07) is 11.2. The van der Waals surface area contributed by atoms with E-state index in [4.69, 9.17) is 9.47 Å². The number of ether oxygens (including phenoxy) is 2.